The Balaban J connectivity index is 1.63. The first kappa shape index (κ1) is 25.7. The third-order valence-electron chi connectivity index (χ3n) is 6.57. The maximum absolute atomic E-state index is 11.9. The number of nitrogens with zero attached hydrogens (tertiary/aromatic N) is 6. The molecule has 0 bridgehead atoms. The van der Waals surface area contributed by atoms with Crippen LogP contribution < -0.4 is 16.4 Å². The molecule has 1 atom stereocenters. The second-order valence-corrected chi connectivity index (χ2v) is 11.0. The molecule has 0 aliphatic heterocycles. The number of benzene rings is 2. The second kappa shape index (κ2) is 10.1. The van der Waals surface area contributed by atoms with E-state index in [0.717, 1.165) is 18.4 Å². The zero-order valence-electron chi connectivity index (χ0n) is 22.1. The van der Waals surface area contributed by atoms with Gasteiger partial charge in [0.25, 0.3) is 0 Å². The molecule has 2 aromatic carbocycles. The number of aromatic nitrogens is 4. The maximum atomic E-state index is 11.9. The van der Waals surface area contributed by atoms with Gasteiger partial charge < -0.3 is 16.4 Å². The fourth-order valence-corrected chi connectivity index (χ4v) is 4.41. The highest BCUT2D eigenvalue weighted by Gasteiger charge is 2.27. The molecule has 5 rings (SSSR count). The summed E-state index contributed by atoms with van der Waals surface area (Å²) in [5, 5.41) is 36.1. The van der Waals surface area contributed by atoms with Gasteiger partial charge in [0.2, 0.25) is 5.91 Å². The van der Waals surface area contributed by atoms with E-state index in [2.05, 4.69) is 58.8 Å². The van der Waals surface area contributed by atoms with E-state index >= 15 is 0 Å². The van der Waals surface area contributed by atoms with Gasteiger partial charge in [0.05, 0.1) is 40.6 Å². The molecule has 1 amide bonds. The van der Waals surface area contributed by atoms with Gasteiger partial charge in [-0.05, 0) is 48.1 Å². The molecule has 10 nitrogen and oxygen atoms in total. The van der Waals surface area contributed by atoms with E-state index < -0.39 is 11.9 Å². The first-order valence-electron chi connectivity index (χ1n) is 12.8. The molecule has 1 aliphatic carbocycles. The number of carbonyl (C=O) groups is 1. The number of rotatable bonds is 8. The van der Waals surface area contributed by atoms with Crippen molar-refractivity contribution in [2.24, 2.45) is 11.1 Å². The van der Waals surface area contributed by atoms with Crippen molar-refractivity contribution in [3.05, 3.63) is 76.7 Å². The van der Waals surface area contributed by atoms with Gasteiger partial charge in [-0.1, -0.05) is 38.1 Å². The molecule has 2 aromatic heterocycles. The van der Waals surface area contributed by atoms with Crippen LogP contribution in [0.5, 0.6) is 0 Å². The Morgan fingerprint density at radius 3 is 2.62 bits per heavy atom. The number of pyridine rings is 1. The molecular formula is C29H29N9O. The van der Waals surface area contributed by atoms with Gasteiger partial charge in [-0.3, -0.25) is 9.78 Å². The Labute approximate surface area is 226 Å². The first-order chi connectivity index (χ1) is 18.7. The SMILES string of the molecule is CC(C)(C)CNc1c(C#N)cnc2c(C#N)cc(NC(c3cccc(C(N)=O)c3)c3cn(C4CC4)nn3)cc12. The Kier molecular flexibility index (Phi) is 6.63. The molecule has 2 heterocycles. The molecule has 0 saturated heterocycles. The van der Waals surface area contributed by atoms with Crippen molar-refractivity contribution in [1.29, 1.82) is 10.5 Å². The molecule has 0 spiro atoms. The average Bonchev–Trinajstić information content (AvgIpc) is 3.66. The van der Waals surface area contributed by atoms with E-state index in [1.54, 1.807) is 24.3 Å². The third kappa shape index (κ3) is 5.51. The fourth-order valence-electron chi connectivity index (χ4n) is 4.41. The molecular weight excluding hydrogens is 490 g/mol. The summed E-state index contributed by atoms with van der Waals surface area (Å²) in [6.45, 7) is 6.92. The summed E-state index contributed by atoms with van der Waals surface area (Å²) in [4.78, 5) is 16.4. The van der Waals surface area contributed by atoms with Crippen LogP contribution in [-0.4, -0.2) is 32.4 Å². The summed E-state index contributed by atoms with van der Waals surface area (Å²) in [6, 6.07) is 15.0. The minimum atomic E-state index is -0.528. The van der Waals surface area contributed by atoms with Crippen molar-refractivity contribution >= 4 is 28.2 Å². The van der Waals surface area contributed by atoms with Gasteiger partial charge in [0.1, 0.15) is 17.8 Å². The number of nitrogens with two attached hydrogens (primary N) is 1. The Bertz CT molecular complexity index is 1650. The summed E-state index contributed by atoms with van der Waals surface area (Å²) in [5.41, 5.74) is 9.85. The van der Waals surface area contributed by atoms with Crippen LogP contribution in [0.1, 0.15) is 78.4 Å². The highest BCUT2D eigenvalue weighted by molar-refractivity contribution is 5.99. The van der Waals surface area contributed by atoms with Gasteiger partial charge in [-0.25, -0.2) is 4.68 Å². The summed E-state index contributed by atoms with van der Waals surface area (Å²) in [5.74, 6) is -0.528. The van der Waals surface area contributed by atoms with Crippen LogP contribution in [0.3, 0.4) is 0 Å². The lowest BCUT2D eigenvalue weighted by Crippen LogP contribution is -2.20. The number of primary amides is 1. The Morgan fingerprint density at radius 2 is 1.95 bits per heavy atom. The Hall–Kier alpha value is -4.96. The van der Waals surface area contributed by atoms with Crippen LogP contribution in [0, 0.1) is 28.1 Å². The summed E-state index contributed by atoms with van der Waals surface area (Å²) >= 11 is 0. The highest BCUT2D eigenvalue weighted by atomic mass is 16.1. The number of nitriles is 2. The average molecular weight is 520 g/mol. The molecule has 196 valence electrons. The minimum Gasteiger partial charge on any atom is -0.383 e. The summed E-state index contributed by atoms with van der Waals surface area (Å²) in [6.07, 6.45) is 5.53. The van der Waals surface area contributed by atoms with Crippen molar-refractivity contribution in [3.63, 3.8) is 0 Å². The van der Waals surface area contributed by atoms with Crippen molar-refractivity contribution in [2.75, 3.05) is 17.2 Å². The van der Waals surface area contributed by atoms with Crippen LogP contribution in [0.2, 0.25) is 0 Å². The van der Waals surface area contributed by atoms with Crippen LogP contribution in [-0.2, 0) is 0 Å². The number of anilines is 2. The number of amides is 1. The largest absolute Gasteiger partial charge is 0.383 e. The van der Waals surface area contributed by atoms with Gasteiger partial charge in [-0.2, -0.15) is 10.5 Å². The van der Waals surface area contributed by atoms with Crippen LogP contribution in [0.25, 0.3) is 10.9 Å². The van der Waals surface area contributed by atoms with Crippen LogP contribution in [0.15, 0.2) is 48.8 Å². The van der Waals surface area contributed by atoms with E-state index in [-0.39, 0.29) is 5.41 Å². The standard InChI is InChI=1S/C29H29N9O/c1-29(2,3)16-34-26-20(13-31)14-33-25-19(12-30)10-21(11-23(25)26)35-27(17-5-4-6-18(9-17)28(32)39)24-15-38(37-36-24)22-7-8-22/h4-6,9-11,14-15,22,27,35H,7-8,16H2,1-3H3,(H2,32,39)(H,33,34). The van der Waals surface area contributed by atoms with Gasteiger partial charge in [-0.15, -0.1) is 5.10 Å². The normalized spacial score (nSPS) is 13.9. The number of hydrogen-bond acceptors (Lipinski definition) is 8. The third-order valence-corrected chi connectivity index (χ3v) is 6.57. The number of carbonyl (C=O) groups excluding carboxylic acids is 1. The van der Waals surface area contributed by atoms with Crippen molar-refractivity contribution < 1.29 is 4.79 Å². The fraction of sp³-hybridized carbons (Fsp3) is 0.310. The molecule has 0 radical (unpaired) electrons. The van der Waals surface area contributed by atoms with E-state index in [9.17, 15) is 15.3 Å². The maximum Gasteiger partial charge on any atom is 0.248 e. The smallest absolute Gasteiger partial charge is 0.248 e. The quantitative estimate of drug-likeness (QED) is 0.303. The lowest BCUT2D eigenvalue weighted by atomic mass is 9.96. The van der Waals surface area contributed by atoms with Gasteiger partial charge >= 0.3 is 0 Å². The molecule has 1 unspecified atom stereocenters. The summed E-state index contributed by atoms with van der Waals surface area (Å²) < 4.78 is 1.86. The van der Waals surface area contributed by atoms with Crippen LogP contribution in [0.4, 0.5) is 11.4 Å². The predicted octanol–water partition coefficient (Wildman–Crippen LogP) is 4.66. The zero-order valence-corrected chi connectivity index (χ0v) is 22.1. The molecule has 1 fully saturated rings. The molecule has 1 aliphatic rings. The van der Waals surface area contributed by atoms with Gasteiger partial charge in [0, 0.05) is 29.4 Å². The van der Waals surface area contributed by atoms with E-state index in [1.807, 2.05) is 23.0 Å². The predicted molar refractivity (Wildman–Crippen MR) is 148 cm³/mol. The van der Waals surface area contributed by atoms with E-state index in [0.29, 0.717) is 57.2 Å². The molecule has 39 heavy (non-hydrogen) atoms. The number of nitrogens with one attached hydrogen (secondary N) is 2. The van der Waals surface area contributed by atoms with E-state index in [4.69, 9.17) is 5.73 Å². The lowest BCUT2D eigenvalue weighted by molar-refractivity contribution is 0.1000. The molecule has 4 N–H and O–H groups in total. The first-order valence-corrected chi connectivity index (χ1v) is 12.8. The Morgan fingerprint density at radius 1 is 1.18 bits per heavy atom. The van der Waals surface area contributed by atoms with Crippen LogP contribution >= 0.6 is 0 Å². The summed E-state index contributed by atoms with van der Waals surface area (Å²) in [7, 11) is 0. The van der Waals surface area contributed by atoms with Crippen molar-refractivity contribution in [3.8, 4) is 12.1 Å². The monoisotopic (exact) mass is 519 g/mol. The number of hydrogen-bond donors (Lipinski definition) is 3. The second-order valence-electron chi connectivity index (χ2n) is 11.0. The molecule has 10 heteroatoms. The minimum absolute atomic E-state index is 0.0415. The van der Waals surface area contributed by atoms with Crippen molar-refractivity contribution in [1.82, 2.24) is 20.0 Å². The van der Waals surface area contributed by atoms with Gasteiger partial charge in [0.15, 0.2) is 0 Å². The zero-order chi connectivity index (χ0) is 27.7. The number of fused-ring (bicyclic) bond motifs is 1. The van der Waals surface area contributed by atoms with Crippen molar-refractivity contribution in [2.45, 2.75) is 45.7 Å². The molecule has 1 saturated carbocycles. The lowest BCUT2D eigenvalue weighted by Gasteiger charge is -2.22. The highest BCUT2D eigenvalue weighted by Crippen LogP contribution is 2.36. The topological polar surface area (TPSA) is 158 Å². The van der Waals surface area contributed by atoms with E-state index in [1.165, 1.54) is 6.20 Å². The molecule has 4 aromatic rings.